The first-order valence-corrected chi connectivity index (χ1v) is 15.1. The van der Waals surface area contributed by atoms with Crippen molar-refractivity contribution in [2.75, 3.05) is 0 Å². The molecule has 0 aliphatic carbocycles. The lowest BCUT2D eigenvalue weighted by Crippen LogP contribution is -2.61. The van der Waals surface area contributed by atoms with E-state index in [-0.39, 0.29) is 42.8 Å². The van der Waals surface area contributed by atoms with Gasteiger partial charge in [0.15, 0.2) is 0 Å². The quantitative estimate of drug-likeness (QED) is 0.218. The highest BCUT2D eigenvalue weighted by Gasteiger charge is 2.37. The molecule has 1 aliphatic heterocycles. The van der Waals surface area contributed by atoms with Gasteiger partial charge >= 0.3 is 0 Å². The van der Waals surface area contributed by atoms with Crippen molar-refractivity contribution < 1.29 is 34.2 Å². The summed E-state index contributed by atoms with van der Waals surface area (Å²) in [4.78, 5) is 67.7. The number of benzene rings is 1. The molecular weight excluding hydrogens is 554 g/mol. The molecule has 0 saturated carbocycles. The number of aliphatic hydroxyl groups excluding tert-OH is 1. The van der Waals surface area contributed by atoms with E-state index in [4.69, 9.17) is 0 Å². The Morgan fingerprint density at radius 2 is 1.05 bits per heavy atom. The van der Waals surface area contributed by atoms with Gasteiger partial charge in [-0.1, -0.05) is 60.1 Å². The van der Waals surface area contributed by atoms with Gasteiger partial charge in [0.1, 0.15) is 36.0 Å². The van der Waals surface area contributed by atoms with Gasteiger partial charge in [0.25, 0.3) is 0 Å². The molecule has 1 heterocycles. The molecule has 12 heteroatoms. The lowest BCUT2D eigenvalue weighted by molar-refractivity contribution is -0.136. The number of nitrogens with one attached hydrogen (secondary N) is 5. The minimum atomic E-state index is -1.43. The second-order valence-corrected chi connectivity index (χ2v) is 12.4. The summed E-state index contributed by atoms with van der Waals surface area (Å²) >= 11 is 0. The van der Waals surface area contributed by atoms with Crippen LogP contribution in [0.5, 0.6) is 5.75 Å². The zero-order chi connectivity index (χ0) is 32.4. The van der Waals surface area contributed by atoms with Crippen molar-refractivity contribution in [3.63, 3.8) is 0 Å². The van der Waals surface area contributed by atoms with Crippen molar-refractivity contribution in [3.05, 3.63) is 29.8 Å². The SMILES string of the molecule is CCC(C)C1NC(=O)C(CC(C)C)NC(=O)C(CC(C)C)NC(=O)C(C(C)O)NC(=O)C(Cc2ccc(O)cc2)NC1=O. The number of hydrogen-bond acceptors (Lipinski definition) is 7. The van der Waals surface area contributed by atoms with Crippen LogP contribution in [0.4, 0.5) is 0 Å². The van der Waals surface area contributed by atoms with Gasteiger partial charge in [-0.05, 0) is 55.2 Å². The second-order valence-electron chi connectivity index (χ2n) is 12.4. The van der Waals surface area contributed by atoms with E-state index in [1.54, 1.807) is 19.1 Å². The molecule has 5 amide bonds. The third-order valence-electron chi connectivity index (χ3n) is 7.55. The fourth-order valence-electron chi connectivity index (χ4n) is 4.89. The number of rotatable bonds is 9. The summed E-state index contributed by atoms with van der Waals surface area (Å²) in [5.41, 5.74) is 0.613. The van der Waals surface area contributed by atoms with Gasteiger partial charge in [-0.15, -0.1) is 0 Å². The van der Waals surface area contributed by atoms with Crippen LogP contribution in [0, 0.1) is 17.8 Å². The van der Waals surface area contributed by atoms with E-state index >= 15 is 0 Å². The molecule has 1 fully saturated rings. The molecule has 7 unspecified atom stereocenters. The Hall–Kier alpha value is -3.67. The summed E-state index contributed by atoms with van der Waals surface area (Å²) in [5, 5.41) is 33.7. The Bertz CT molecular complexity index is 1120. The molecule has 1 aliphatic rings. The molecule has 0 radical (unpaired) electrons. The average molecular weight is 604 g/mol. The van der Waals surface area contributed by atoms with Crippen LogP contribution < -0.4 is 26.6 Å². The van der Waals surface area contributed by atoms with Gasteiger partial charge < -0.3 is 36.8 Å². The highest BCUT2D eigenvalue weighted by molar-refractivity contribution is 5.98. The van der Waals surface area contributed by atoms with Gasteiger partial charge in [-0.2, -0.15) is 0 Å². The van der Waals surface area contributed by atoms with Gasteiger partial charge in [0.05, 0.1) is 6.10 Å². The van der Waals surface area contributed by atoms with Crippen LogP contribution in [0.2, 0.25) is 0 Å². The number of aliphatic hydroxyl groups is 1. The maximum atomic E-state index is 13.7. The van der Waals surface area contributed by atoms with Crippen LogP contribution in [-0.4, -0.2) is 76.1 Å². The minimum absolute atomic E-state index is 0.000829. The van der Waals surface area contributed by atoms with Crippen molar-refractivity contribution in [3.8, 4) is 5.75 Å². The van der Waals surface area contributed by atoms with E-state index in [9.17, 15) is 34.2 Å². The minimum Gasteiger partial charge on any atom is -0.508 e. The summed E-state index contributed by atoms with van der Waals surface area (Å²) < 4.78 is 0. The molecule has 0 aromatic heterocycles. The van der Waals surface area contributed by atoms with Crippen LogP contribution in [0.1, 0.15) is 73.3 Å². The maximum Gasteiger partial charge on any atom is 0.245 e. The van der Waals surface area contributed by atoms with E-state index in [2.05, 4.69) is 26.6 Å². The van der Waals surface area contributed by atoms with E-state index in [1.165, 1.54) is 19.1 Å². The Morgan fingerprint density at radius 3 is 1.53 bits per heavy atom. The molecule has 1 aromatic carbocycles. The summed E-state index contributed by atoms with van der Waals surface area (Å²) in [5.74, 6) is -3.55. The summed E-state index contributed by atoms with van der Waals surface area (Å²) in [7, 11) is 0. The number of amides is 5. The predicted molar refractivity (Wildman–Crippen MR) is 162 cm³/mol. The first-order chi connectivity index (χ1) is 20.1. The third-order valence-corrected chi connectivity index (χ3v) is 7.55. The number of hydrogen-bond donors (Lipinski definition) is 7. The van der Waals surface area contributed by atoms with Gasteiger partial charge in [0.2, 0.25) is 29.5 Å². The molecule has 12 nitrogen and oxygen atoms in total. The largest absolute Gasteiger partial charge is 0.508 e. The van der Waals surface area contributed by atoms with Crippen molar-refractivity contribution >= 4 is 29.5 Å². The fourth-order valence-corrected chi connectivity index (χ4v) is 4.89. The van der Waals surface area contributed by atoms with E-state index < -0.39 is 65.8 Å². The number of aromatic hydroxyl groups is 1. The van der Waals surface area contributed by atoms with E-state index in [1.807, 2.05) is 34.6 Å². The number of carbonyl (C=O) groups excluding carboxylic acids is 5. The average Bonchev–Trinajstić information content (AvgIpc) is 2.92. The first kappa shape index (κ1) is 35.5. The summed E-state index contributed by atoms with van der Waals surface area (Å²) in [6.07, 6.45) is -0.272. The number of phenols is 1. The fraction of sp³-hybridized carbons (Fsp3) is 0.645. The lowest BCUT2D eigenvalue weighted by atomic mass is 9.95. The Kier molecular flexibility index (Phi) is 13.4. The molecular formula is C31H49N5O7. The van der Waals surface area contributed by atoms with Gasteiger partial charge in [-0.25, -0.2) is 0 Å². The van der Waals surface area contributed by atoms with Crippen LogP contribution in [0.3, 0.4) is 0 Å². The highest BCUT2D eigenvalue weighted by atomic mass is 16.3. The van der Waals surface area contributed by atoms with Crippen molar-refractivity contribution in [1.82, 2.24) is 26.6 Å². The van der Waals surface area contributed by atoms with Crippen LogP contribution in [-0.2, 0) is 30.4 Å². The van der Waals surface area contributed by atoms with E-state index in [0.29, 0.717) is 12.0 Å². The number of phenolic OH excluding ortho intramolecular Hbond substituents is 1. The predicted octanol–water partition coefficient (Wildman–Crippen LogP) is 0.891. The molecule has 0 bridgehead atoms. The molecule has 7 N–H and O–H groups in total. The molecule has 7 atom stereocenters. The Balaban J connectivity index is 2.61. The van der Waals surface area contributed by atoms with Crippen LogP contribution in [0.25, 0.3) is 0 Å². The molecule has 240 valence electrons. The topological polar surface area (TPSA) is 186 Å². The Labute approximate surface area is 254 Å². The zero-order valence-electron chi connectivity index (χ0n) is 26.3. The van der Waals surface area contributed by atoms with Gasteiger partial charge in [0, 0.05) is 6.42 Å². The van der Waals surface area contributed by atoms with Gasteiger partial charge in [-0.3, -0.25) is 24.0 Å². The van der Waals surface area contributed by atoms with Crippen molar-refractivity contribution in [2.45, 2.75) is 110 Å². The van der Waals surface area contributed by atoms with Crippen LogP contribution in [0.15, 0.2) is 24.3 Å². The molecule has 43 heavy (non-hydrogen) atoms. The first-order valence-electron chi connectivity index (χ1n) is 15.1. The zero-order valence-corrected chi connectivity index (χ0v) is 26.3. The smallest absolute Gasteiger partial charge is 0.245 e. The molecule has 0 spiro atoms. The molecule has 2 rings (SSSR count). The Morgan fingerprint density at radius 1 is 0.628 bits per heavy atom. The lowest BCUT2D eigenvalue weighted by Gasteiger charge is -2.29. The van der Waals surface area contributed by atoms with Crippen LogP contribution >= 0.6 is 0 Å². The molecule has 1 aromatic rings. The third kappa shape index (κ3) is 10.8. The number of carbonyl (C=O) groups is 5. The molecule has 1 saturated heterocycles. The van der Waals surface area contributed by atoms with Crippen molar-refractivity contribution in [1.29, 1.82) is 0 Å². The van der Waals surface area contributed by atoms with E-state index in [0.717, 1.165) is 0 Å². The summed E-state index contributed by atoms with van der Waals surface area (Å²) in [6.45, 7) is 12.6. The maximum absolute atomic E-state index is 13.7. The van der Waals surface area contributed by atoms with Crippen molar-refractivity contribution in [2.24, 2.45) is 17.8 Å². The standard InChI is InChI=1S/C31H49N5O7/c1-8-18(6)25-30(42)34-24(15-20-9-11-21(38)12-10-20)29(41)36-26(19(7)37)31(43)33-22(13-16(2)3)27(39)32-23(14-17(4)5)28(40)35-25/h9-12,16-19,22-26,37-38H,8,13-15H2,1-7H3,(H,32,39)(H,33,43)(H,34,42)(H,35,40)(H,36,41). The second kappa shape index (κ2) is 16.3. The highest BCUT2D eigenvalue weighted by Crippen LogP contribution is 2.15. The monoisotopic (exact) mass is 603 g/mol. The summed E-state index contributed by atoms with van der Waals surface area (Å²) in [6, 6.07) is 0.409. The normalized spacial score (nSPS) is 25.9.